The molecule has 1 heterocycles. The van der Waals surface area contributed by atoms with Gasteiger partial charge in [0, 0.05) is 25.2 Å². The maximum atomic E-state index is 12.0. The highest BCUT2D eigenvalue weighted by molar-refractivity contribution is 5.89. The number of benzene rings is 1. The van der Waals surface area contributed by atoms with Gasteiger partial charge in [-0.25, -0.2) is 4.79 Å². The summed E-state index contributed by atoms with van der Waals surface area (Å²) in [6, 6.07) is 8.37. The first kappa shape index (κ1) is 13.9. The van der Waals surface area contributed by atoms with Crippen LogP contribution in [-0.2, 0) is 4.79 Å². The number of hydrogen-bond acceptors (Lipinski definition) is 3. The summed E-state index contributed by atoms with van der Waals surface area (Å²) in [5, 5.41) is 20.2. The molecule has 104 valence electrons. The van der Waals surface area contributed by atoms with Gasteiger partial charge in [-0.1, -0.05) is 0 Å². The Labute approximate surface area is 116 Å². The van der Waals surface area contributed by atoms with Crippen molar-refractivity contribution in [2.75, 3.05) is 18.4 Å². The van der Waals surface area contributed by atoms with Crippen LogP contribution in [0.2, 0.25) is 0 Å². The molecule has 1 aliphatic rings. The van der Waals surface area contributed by atoms with E-state index in [4.69, 9.17) is 10.4 Å². The van der Waals surface area contributed by atoms with E-state index in [0.29, 0.717) is 30.8 Å². The highest BCUT2D eigenvalue weighted by Crippen LogP contribution is 2.20. The second-order valence-electron chi connectivity index (χ2n) is 4.82. The van der Waals surface area contributed by atoms with Crippen molar-refractivity contribution in [3.63, 3.8) is 0 Å². The maximum absolute atomic E-state index is 12.0. The quantitative estimate of drug-likeness (QED) is 0.879. The molecule has 0 radical (unpaired) electrons. The van der Waals surface area contributed by atoms with Gasteiger partial charge >= 0.3 is 12.0 Å². The fraction of sp³-hybridized carbons (Fsp3) is 0.357. The topological polar surface area (TPSA) is 93.4 Å². The standard InChI is InChI=1S/C14H15N3O3/c15-8-10-1-3-12(4-2-10)16-14(20)17-6-5-11(9-17)7-13(18)19/h1-4,11H,5-7,9H2,(H,16,20)(H,18,19). The van der Waals surface area contributed by atoms with Crippen LogP contribution in [0.3, 0.4) is 0 Å². The molecular weight excluding hydrogens is 258 g/mol. The Balaban J connectivity index is 1.89. The van der Waals surface area contributed by atoms with Crippen molar-refractivity contribution >= 4 is 17.7 Å². The Morgan fingerprint density at radius 2 is 2.10 bits per heavy atom. The first-order chi connectivity index (χ1) is 9.58. The average Bonchev–Trinajstić information content (AvgIpc) is 2.87. The first-order valence-electron chi connectivity index (χ1n) is 6.36. The molecule has 1 atom stereocenters. The van der Waals surface area contributed by atoms with E-state index in [1.807, 2.05) is 6.07 Å². The summed E-state index contributed by atoms with van der Waals surface area (Å²) in [6.07, 6.45) is 0.813. The number of nitrogens with zero attached hydrogens (tertiary/aromatic N) is 2. The normalized spacial score (nSPS) is 17.6. The van der Waals surface area contributed by atoms with Crippen LogP contribution in [0.25, 0.3) is 0 Å². The summed E-state index contributed by atoms with van der Waals surface area (Å²) in [6.45, 7) is 1.04. The van der Waals surface area contributed by atoms with Crippen LogP contribution in [0.5, 0.6) is 0 Å². The third kappa shape index (κ3) is 3.48. The monoisotopic (exact) mass is 273 g/mol. The number of nitrogens with one attached hydrogen (secondary N) is 1. The third-order valence-corrected chi connectivity index (χ3v) is 3.30. The van der Waals surface area contributed by atoms with Gasteiger partial charge in [0.2, 0.25) is 0 Å². The zero-order valence-corrected chi connectivity index (χ0v) is 10.9. The predicted octanol–water partition coefficient (Wildman–Crippen LogP) is 1.89. The number of anilines is 1. The summed E-state index contributed by atoms with van der Waals surface area (Å²) in [5.74, 6) is -0.802. The van der Waals surface area contributed by atoms with E-state index >= 15 is 0 Å². The van der Waals surface area contributed by atoms with Crippen molar-refractivity contribution in [1.29, 1.82) is 5.26 Å². The number of carbonyl (C=O) groups is 2. The van der Waals surface area contributed by atoms with Crippen LogP contribution in [-0.4, -0.2) is 35.1 Å². The lowest BCUT2D eigenvalue weighted by atomic mass is 10.1. The minimum absolute atomic E-state index is 0.0271. The van der Waals surface area contributed by atoms with E-state index in [1.54, 1.807) is 29.2 Å². The molecule has 2 N–H and O–H groups in total. The Bertz CT molecular complexity index is 548. The van der Waals surface area contributed by atoms with E-state index < -0.39 is 5.97 Å². The lowest BCUT2D eigenvalue weighted by Gasteiger charge is -2.17. The van der Waals surface area contributed by atoms with E-state index in [1.165, 1.54) is 0 Å². The van der Waals surface area contributed by atoms with Gasteiger partial charge in [0.05, 0.1) is 11.6 Å². The van der Waals surface area contributed by atoms with Crippen molar-refractivity contribution in [1.82, 2.24) is 4.90 Å². The van der Waals surface area contributed by atoms with Crippen molar-refractivity contribution in [3.8, 4) is 6.07 Å². The summed E-state index contributed by atoms with van der Waals surface area (Å²) in [5.41, 5.74) is 1.15. The number of hydrogen-bond donors (Lipinski definition) is 2. The number of carboxylic acid groups (broad SMARTS) is 1. The molecule has 2 rings (SSSR count). The van der Waals surface area contributed by atoms with Gasteiger partial charge in [0.1, 0.15) is 0 Å². The molecule has 1 fully saturated rings. The second-order valence-corrected chi connectivity index (χ2v) is 4.82. The summed E-state index contributed by atoms with van der Waals surface area (Å²) in [7, 11) is 0. The number of rotatable bonds is 3. The number of likely N-dealkylation sites (tertiary alicyclic amines) is 1. The SMILES string of the molecule is N#Cc1ccc(NC(=O)N2CCC(CC(=O)O)C2)cc1. The number of carbonyl (C=O) groups excluding carboxylic acids is 1. The van der Waals surface area contributed by atoms with Gasteiger partial charge in [0.25, 0.3) is 0 Å². The molecule has 0 bridgehead atoms. The van der Waals surface area contributed by atoms with E-state index in [0.717, 1.165) is 0 Å². The highest BCUT2D eigenvalue weighted by atomic mass is 16.4. The number of amides is 2. The van der Waals surface area contributed by atoms with Gasteiger partial charge in [-0.2, -0.15) is 5.26 Å². The number of nitriles is 1. The van der Waals surface area contributed by atoms with Crippen LogP contribution >= 0.6 is 0 Å². The smallest absolute Gasteiger partial charge is 0.321 e. The minimum atomic E-state index is -0.829. The van der Waals surface area contributed by atoms with Crippen molar-refractivity contribution in [2.24, 2.45) is 5.92 Å². The first-order valence-corrected chi connectivity index (χ1v) is 6.36. The van der Waals surface area contributed by atoms with E-state index in [9.17, 15) is 9.59 Å². The van der Waals surface area contributed by atoms with Gasteiger partial charge < -0.3 is 15.3 Å². The number of aliphatic carboxylic acids is 1. The Kier molecular flexibility index (Phi) is 4.20. The number of carboxylic acids is 1. The molecule has 2 amide bonds. The fourth-order valence-corrected chi connectivity index (χ4v) is 2.26. The largest absolute Gasteiger partial charge is 0.481 e. The molecule has 20 heavy (non-hydrogen) atoms. The average molecular weight is 273 g/mol. The van der Waals surface area contributed by atoms with Crippen molar-refractivity contribution in [3.05, 3.63) is 29.8 Å². The van der Waals surface area contributed by atoms with E-state index in [2.05, 4.69) is 5.32 Å². The predicted molar refractivity (Wildman–Crippen MR) is 72.1 cm³/mol. The Morgan fingerprint density at radius 1 is 1.40 bits per heavy atom. The maximum Gasteiger partial charge on any atom is 0.321 e. The van der Waals surface area contributed by atoms with Crippen LogP contribution < -0.4 is 5.32 Å². The lowest BCUT2D eigenvalue weighted by Crippen LogP contribution is -2.33. The van der Waals surface area contributed by atoms with Crippen LogP contribution in [0.4, 0.5) is 10.5 Å². The third-order valence-electron chi connectivity index (χ3n) is 3.30. The molecule has 0 aromatic heterocycles. The zero-order chi connectivity index (χ0) is 14.5. The number of urea groups is 1. The fourth-order valence-electron chi connectivity index (χ4n) is 2.26. The molecule has 1 aromatic rings. The molecule has 0 aliphatic carbocycles. The minimum Gasteiger partial charge on any atom is -0.481 e. The molecule has 1 aliphatic heterocycles. The lowest BCUT2D eigenvalue weighted by molar-refractivity contribution is -0.138. The molecule has 0 saturated carbocycles. The molecule has 1 saturated heterocycles. The molecular formula is C14H15N3O3. The molecule has 1 unspecified atom stereocenters. The Hall–Kier alpha value is -2.55. The van der Waals surface area contributed by atoms with Crippen LogP contribution in [0, 0.1) is 17.2 Å². The highest BCUT2D eigenvalue weighted by Gasteiger charge is 2.27. The second kappa shape index (κ2) is 6.06. The van der Waals surface area contributed by atoms with Gasteiger partial charge in [0.15, 0.2) is 0 Å². The molecule has 6 nitrogen and oxygen atoms in total. The zero-order valence-electron chi connectivity index (χ0n) is 10.9. The van der Waals surface area contributed by atoms with Crippen LogP contribution in [0.1, 0.15) is 18.4 Å². The van der Waals surface area contributed by atoms with E-state index in [-0.39, 0.29) is 18.4 Å². The van der Waals surface area contributed by atoms with Gasteiger partial charge in [-0.3, -0.25) is 4.79 Å². The Morgan fingerprint density at radius 3 is 2.70 bits per heavy atom. The van der Waals surface area contributed by atoms with Crippen molar-refractivity contribution < 1.29 is 14.7 Å². The van der Waals surface area contributed by atoms with Crippen LogP contribution in [0.15, 0.2) is 24.3 Å². The van der Waals surface area contributed by atoms with Gasteiger partial charge in [-0.15, -0.1) is 0 Å². The summed E-state index contributed by atoms with van der Waals surface area (Å²) < 4.78 is 0. The summed E-state index contributed by atoms with van der Waals surface area (Å²) in [4.78, 5) is 24.3. The molecule has 6 heteroatoms. The molecule has 0 spiro atoms. The summed E-state index contributed by atoms with van der Waals surface area (Å²) >= 11 is 0. The van der Waals surface area contributed by atoms with Crippen molar-refractivity contribution in [2.45, 2.75) is 12.8 Å². The van der Waals surface area contributed by atoms with Gasteiger partial charge in [-0.05, 0) is 36.6 Å². The molecule has 1 aromatic carbocycles.